The Morgan fingerprint density at radius 2 is 2.05 bits per heavy atom. The van der Waals surface area contributed by atoms with Gasteiger partial charge in [-0.2, -0.15) is 0 Å². The maximum atomic E-state index is 12.4. The fourth-order valence-corrected chi connectivity index (χ4v) is 4.35. The summed E-state index contributed by atoms with van der Waals surface area (Å²) in [6, 6.07) is 1.83. The molecule has 1 amide bonds. The van der Waals surface area contributed by atoms with E-state index in [1.807, 2.05) is 16.3 Å². The molecule has 0 atom stereocenters. The number of piperidine rings is 1. The zero-order valence-corrected chi connectivity index (χ0v) is 12.8. The molecule has 3 heterocycles. The number of halogens is 1. The van der Waals surface area contributed by atoms with Gasteiger partial charge in [0.1, 0.15) is 4.34 Å². The largest absolute Gasteiger partial charge is 0.338 e. The fourth-order valence-electron chi connectivity index (χ4n) is 3.45. The van der Waals surface area contributed by atoms with Crippen molar-refractivity contribution in [1.29, 1.82) is 0 Å². The highest BCUT2D eigenvalue weighted by atomic mass is 35.5. The predicted octanol–water partition coefficient (Wildman–Crippen LogP) is 3.10. The summed E-state index contributed by atoms with van der Waals surface area (Å²) in [5.74, 6) is 0.0988. The summed E-state index contributed by atoms with van der Waals surface area (Å²) in [5.41, 5.74) is 1.03. The lowest BCUT2D eigenvalue weighted by atomic mass is 9.85. The number of nitrogens with zero attached hydrogens (tertiary/aromatic N) is 2. The highest BCUT2D eigenvalue weighted by Crippen LogP contribution is 2.37. The van der Waals surface area contributed by atoms with Crippen LogP contribution in [0.5, 0.6) is 0 Å². The number of likely N-dealkylation sites (tertiary alicyclic amines) is 2. The zero-order valence-electron chi connectivity index (χ0n) is 11.2. The number of hydrogen-bond donors (Lipinski definition) is 0. The van der Waals surface area contributed by atoms with E-state index in [1.54, 1.807) is 0 Å². The van der Waals surface area contributed by atoms with Crippen LogP contribution in [0.3, 0.4) is 0 Å². The van der Waals surface area contributed by atoms with Gasteiger partial charge in [0, 0.05) is 18.6 Å². The van der Waals surface area contributed by atoms with E-state index in [0.29, 0.717) is 15.4 Å². The van der Waals surface area contributed by atoms with Crippen molar-refractivity contribution >= 4 is 28.8 Å². The summed E-state index contributed by atoms with van der Waals surface area (Å²) >= 11 is 7.49. The second kappa shape index (κ2) is 5.08. The Bertz CT molecular complexity index is 480. The van der Waals surface area contributed by atoms with Crippen LogP contribution in [0, 0.1) is 0 Å². The van der Waals surface area contributed by atoms with E-state index < -0.39 is 0 Å². The van der Waals surface area contributed by atoms with Gasteiger partial charge in [-0.15, -0.1) is 11.3 Å². The molecule has 0 aromatic carbocycles. The molecule has 104 valence electrons. The van der Waals surface area contributed by atoms with Gasteiger partial charge in [0.25, 0.3) is 5.91 Å². The van der Waals surface area contributed by atoms with Gasteiger partial charge in [0.05, 0.1) is 5.56 Å². The van der Waals surface area contributed by atoms with Gasteiger partial charge >= 0.3 is 0 Å². The molecule has 0 aliphatic carbocycles. The molecule has 1 spiro atoms. The highest BCUT2D eigenvalue weighted by molar-refractivity contribution is 7.14. The van der Waals surface area contributed by atoms with Crippen molar-refractivity contribution in [2.75, 3.05) is 26.7 Å². The molecule has 1 aromatic rings. The minimum Gasteiger partial charge on any atom is -0.338 e. The van der Waals surface area contributed by atoms with E-state index in [-0.39, 0.29) is 5.91 Å². The Hall–Kier alpha value is -0.580. The molecule has 2 aliphatic heterocycles. The monoisotopic (exact) mass is 298 g/mol. The van der Waals surface area contributed by atoms with Gasteiger partial charge in [-0.3, -0.25) is 4.79 Å². The molecule has 2 aliphatic rings. The van der Waals surface area contributed by atoms with Crippen molar-refractivity contribution in [2.45, 2.75) is 31.2 Å². The van der Waals surface area contributed by atoms with Crippen molar-refractivity contribution < 1.29 is 4.79 Å². The van der Waals surface area contributed by atoms with Gasteiger partial charge < -0.3 is 9.80 Å². The molecular weight excluding hydrogens is 280 g/mol. The number of rotatable bonds is 1. The van der Waals surface area contributed by atoms with E-state index >= 15 is 0 Å². The second-order valence-electron chi connectivity index (χ2n) is 5.65. The molecule has 0 N–H and O–H groups in total. The minimum atomic E-state index is 0.0988. The average molecular weight is 299 g/mol. The van der Waals surface area contributed by atoms with Crippen LogP contribution in [-0.4, -0.2) is 47.9 Å². The highest BCUT2D eigenvalue weighted by Gasteiger charge is 2.42. The SMILES string of the molecule is CN1CCCC12CCN(C(=O)c1ccsc1Cl)CC2. The summed E-state index contributed by atoms with van der Waals surface area (Å²) in [6.45, 7) is 2.91. The maximum absolute atomic E-state index is 12.4. The van der Waals surface area contributed by atoms with Crippen LogP contribution in [0.4, 0.5) is 0 Å². The summed E-state index contributed by atoms with van der Waals surface area (Å²) < 4.78 is 0.614. The summed E-state index contributed by atoms with van der Waals surface area (Å²) in [5, 5.41) is 1.88. The third kappa shape index (κ3) is 2.30. The summed E-state index contributed by atoms with van der Waals surface area (Å²) in [6.07, 6.45) is 4.76. The molecule has 0 saturated carbocycles. The topological polar surface area (TPSA) is 23.6 Å². The van der Waals surface area contributed by atoms with Crippen molar-refractivity contribution in [3.8, 4) is 0 Å². The smallest absolute Gasteiger partial charge is 0.256 e. The first-order valence-corrected chi connectivity index (χ1v) is 8.12. The number of thiophene rings is 1. The Kier molecular flexibility index (Phi) is 3.58. The first kappa shape index (κ1) is 13.4. The number of carbonyl (C=O) groups is 1. The summed E-state index contributed by atoms with van der Waals surface area (Å²) in [4.78, 5) is 16.9. The maximum Gasteiger partial charge on any atom is 0.256 e. The first-order chi connectivity index (χ1) is 9.12. The number of carbonyl (C=O) groups excluding carboxylic acids is 1. The molecular formula is C14H19ClN2OS. The van der Waals surface area contributed by atoms with Crippen molar-refractivity contribution in [3.05, 3.63) is 21.3 Å². The Labute approximate surface area is 123 Å². The molecule has 0 bridgehead atoms. The lowest BCUT2D eigenvalue weighted by Gasteiger charge is -2.43. The van der Waals surface area contributed by atoms with Crippen LogP contribution in [-0.2, 0) is 0 Å². The van der Waals surface area contributed by atoms with Crippen molar-refractivity contribution in [3.63, 3.8) is 0 Å². The van der Waals surface area contributed by atoms with E-state index in [9.17, 15) is 4.79 Å². The second-order valence-corrected chi connectivity index (χ2v) is 7.17. The quantitative estimate of drug-likeness (QED) is 0.795. The number of hydrogen-bond acceptors (Lipinski definition) is 3. The van der Waals surface area contributed by atoms with Crippen LogP contribution in [0.15, 0.2) is 11.4 Å². The minimum absolute atomic E-state index is 0.0988. The van der Waals surface area contributed by atoms with Gasteiger partial charge in [-0.05, 0) is 50.7 Å². The van der Waals surface area contributed by atoms with E-state index in [2.05, 4.69) is 11.9 Å². The molecule has 2 fully saturated rings. The Morgan fingerprint density at radius 1 is 1.32 bits per heavy atom. The normalized spacial score (nSPS) is 23.2. The van der Waals surface area contributed by atoms with Crippen LogP contribution >= 0.6 is 22.9 Å². The van der Waals surface area contributed by atoms with Gasteiger partial charge in [-0.1, -0.05) is 11.6 Å². The summed E-state index contributed by atoms with van der Waals surface area (Å²) in [7, 11) is 2.22. The molecule has 1 aromatic heterocycles. The van der Waals surface area contributed by atoms with Crippen molar-refractivity contribution in [1.82, 2.24) is 9.80 Å². The third-order valence-corrected chi connectivity index (χ3v) is 5.95. The van der Waals surface area contributed by atoms with E-state index in [0.717, 1.165) is 25.9 Å². The van der Waals surface area contributed by atoms with Gasteiger partial charge in [0.15, 0.2) is 0 Å². The van der Waals surface area contributed by atoms with E-state index in [4.69, 9.17) is 11.6 Å². The average Bonchev–Trinajstić information content (AvgIpc) is 2.98. The van der Waals surface area contributed by atoms with Crippen LogP contribution in [0.2, 0.25) is 4.34 Å². The molecule has 3 nitrogen and oxygen atoms in total. The molecule has 0 radical (unpaired) electrons. The van der Waals surface area contributed by atoms with Gasteiger partial charge in [-0.25, -0.2) is 0 Å². The van der Waals surface area contributed by atoms with E-state index in [1.165, 1.54) is 30.7 Å². The molecule has 3 rings (SSSR count). The standard InChI is InChI=1S/C14H19ClN2OS/c1-16-7-2-4-14(16)5-8-17(9-6-14)13(18)11-3-10-19-12(11)15/h3,10H,2,4-9H2,1H3. The molecule has 2 saturated heterocycles. The Morgan fingerprint density at radius 3 is 2.58 bits per heavy atom. The van der Waals surface area contributed by atoms with Crippen LogP contribution in [0.1, 0.15) is 36.0 Å². The molecule has 5 heteroatoms. The van der Waals surface area contributed by atoms with Crippen molar-refractivity contribution in [2.24, 2.45) is 0 Å². The first-order valence-electron chi connectivity index (χ1n) is 6.86. The van der Waals surface area contributed by atoms with Gasteiger partial charge in [0.2, 0.25) is 0 Å². The Balaban J connectivity index is 1.67. The lowest BCUT2D eigenvalue weighted by Crippen LogP contribution is -2.51. The molecule has 19 heavy (non-hydrogen) atoms. The van der Waals surface area contributed by atoms with Crippen LogP contribution < -0.4 is 0 Å². The fraction of sp³-hybridized carbons (Fsp3) is 0.643. The lowest BCUT2D eigenvalue weighted by molar-refractivity contribution is 0.0493. The van der Waals surface area contributed by atoms with Crippen LogP contribution in [0.25, 0.3) is 0 Å². The molecule has 0 unspecified atom stereocenters. The third-order valence-electron chi connectivity index (χ3n) is 4.78. The number of amides is 1. The predicted molar refractivity (Wildman–Crippen MR) is 79.1 cm³/mol. The zero-order chi connectivity index (χ0) is 13.5.